The molecular formula is C12H19NO6. The highest BCUT2D eigenvalue weighted by atomic mass is 16.4. The van der Waals surface area contributed by atoms with E-state index < -0.39 is 30.1 Å². The van der Waals surface area contributed by atoms with Crippen LogP contribution >= 0.6 is 0 Å². The van der Waals surface area contributed by atoms with Gasteiger partial charge in [0.1, 0.15) is 0 Å². The molecule has 0 aromatic rings. The van der Waals surface area contributed by atoms with E-state index in [-0.39, 0.29) is 18.7 Å². The number of carbonyl (C=O) groups is 4. The summed E-state index contributed by atoms with van der Waals surface area (Å²) in [5.41, 5.74) is 0. The molecule has 0 saturated carbocycles. The van der Waals surface area contributed by atoms with Crippen molar-refractivity contribution in [1.82, 2.24) is 4.90 Å². The maximum absolute atomic E-state index is 11.7. The van der Waals surface area contributed by atoms with E-state index in [0.717, 1.165) is 0 Å². The molecular weight excluding hydrogens is 254 g/mol. The smallest absolute Gasteiger partial charge is 0.372 e. The van der Waals surface area contributed by atoms with Crippen molar-refractivity contribution >= 4 is 23.6 Å². The fourth-order valence-corrected chi connectivity index (χ4v) is 1.66. The highest BCUT2D eigenvalue weighted by Gasteiger charge is 2.25. The average molecular weight is 273 g/mol. The van der Waals surface area contributed by atoms with Gasteiger partial charge in [-0.15, -0.1) is 0 Å². The van der Waals surface area contributed by atoms with Gasteiger partial charge in [0.05, 0.1) is 5.92 Å². The number of aliphatic carboxylic acids is 2. The third-order valence-corrected chi connectivity index (χ3v) is 2.84. The summed E-state index contributed by atoms with van der Waals surface area (Å²) in [4.78, 5) is 45.5. The number of rotatable bonds is 9. The first-order valence-electron chi connectivity index (χ1n) is 6.10. The van der Waals surface area contributed by atoms with Crippen LogP contribution in [0, 0.1) is 5.92 Å². The van der Waals surface area contributed by atoms with Gasteiger partial charge in [-0.25, -0.2) is 4.79 Å². The SMILES string of the molecule is CCN(CC)C(=O)CCC(CC(=O)C(=O)O)C(=O)O. The van der Waals surface area contributed by atoms with E-state index in [1.807, 2.05) is 13.8 Å². The van der Waals surface area contributed by atoms with Crippen LogP contribution in [0.25, 0.3) is 0 Å². The lowest BCUT2D eigenvalue weighted by Gasteiger charge is -2.19. The summed E-state index contributed by atoms with van der Waals surface area (Å²) in [5.74, 6) is -5.40. The summed E-state index contributed by atoms with van der Waals surface area (Å²) in [5, 5.41) is 17.3. The van der Waals surface area contributed by atoms with Gasteiger partial charge in [0, 0.05) is 25.9 Å². The second-order valence-electron chi connectivity index (χ2n) is 4.07. The normalized spacial score (nSPS) is 11.7. The molecule has 7 heteroatoms. The molecule has 1 unspecified atom stereocenters. The van der Waals surface area contributed by atoms with E-state index >= 15 is 0 Å². The van der Waals surface area contributed by atoms with Gasteiger partial charge in [-0.2, -0.15) is 0 Å². The summed E-state index contributed by atoms with van der Waals surface area (Å²) in [6.07, 6.45) is -0.634. The summed E-state index contributed by atoms with van der Waals surface area (Å²) in [6, 6.07) is 0. The number of hydrogen-bond donors (Lipinski definition) is 2. The van der Waals surface area contributed by atoms with Crippen molar-refractivity contribution in [2.24, 2.45) is 5.92 Å². The molecule has 0 aromatic heterocycles. The number of hydrogen-bond acceptors (Lipinski definition) is 4. The van der Waals surface area contributed by atoms with Crippen molar-refractivity contribution in [3.05, 3.63) is 0 Å². The predicted octanol–water partition coefficient (Wildman–Crippen LogP) is 0.380. The van der Waals surface area contributed by atoms with Crippen LogP contribution in [0.5, 0.6) is 0 Å². The largest absolute Gasteiger partial charge is 0.481 e. The minimum Gasteiger partial charge on any atom is -0.481 e. The fourth-order valence-electron chi connectivity index (χ4n) is 1.66. The predicted molar refractivity (Wildman–Crippen MR) is 65.5 cm³/mol. The lowest BCUT2D eigenvalue weighted by atomic mass is 9.96. The van der Waals surface area contributed by atoms with Crippen molar-refractivity contribution < 1.29 is 29.4 Å². The van der Waals surface area contributed by atoms with E-state index in [1.54, 1.807) is 4.90 Å². The van der Waals surface area contributed by atoms with E-state index in [1.165, 1.54) is 0 Å². The Morgan fingerprint density at radius 1 is 1.05 bits per heavy atom. The molecule has 0 radical (unpaired) electrons. The number of amides is 1. The van der Waals surface area contributed by atoms with Crippen LogP contribution in [-0.2, 0) is 19.2 Å². The lowest BCUT2D eigenvalue weighted by Crippen LogP contribution is -2.31. The van der Waals surface area contributed by atoms with Crippen molar-refractivity contribution in [3.63, 3.8) is 0 Å². The second-order valence-corrected chi connectivity index (χ2v) is 4.07. The number of carboxylic acid groups (broad SMARTS) is 2. The van der Waals surface area contributed by atoms with Gasteiger partial charge in [-0.1, -0.05) is 0 Å². The molecule has 2 N–H and O–H groups in total. The zero-order chi connectivity index (χ0) is 15.0. The van der Waals surface area contributed by atoms with Crippen molar-refractivity contribution in [2.75, 3.05) is 13.1 Å². The molecule has 7 nitrogen and oxygen atoms in total. The monoisotopic (exact) mass is 273 g/mol. The number of nitrogens with zero attached hydrogens (tertiary/aromatic N) is 1. The zero-order valence-electron chi connectivity index (χ0n) is 11.1. The Kier molecular flexibility index (Phi) is 7.40. The quantitative estimate of drug-likeness (QED) is 0.587. The van der Waals surface area contributed by atoms with Gasteiger partial charge in [-0.05, 0) is 20.3 Å². The number of carboxylic acids is 2. The standard InChI is InChI=1S/C12H19NO6/c1-3-13(4-2)10(15)6-5-8(11(16)17)7-9(14)12(18)19/h8H,3-7H2,1-2H3,(H,16,17)(H,18,19). The first-order chi connectivity index (χ1) is 8.83. The van der Waals surface area contributed by atoms with Gasteiger partial charge in [0.15, 0.2) is 0 Å². The number of carbonyl (C=O) groups excluding carboxylic acids is 2. The average Bonchev–Trinajstić information content (AvgIpc) is 2.34. The Morgan fingerprint density at radius 2 is 1.58 bits per heavy atom. The molecule has 0 spiro atoms. The highest BCUT2D eigenvalue weighted by Crippen LogP contribution is 2.13. The Morgan fingerprint density at radius 3 is 1.95 bits per heavy atom. The van der Waals surface area contributed by atoms with E-state index in [0.29, 0.717) is 13.1 Å². The van der Waals surface area contributed by atoms with E-state index in [4.69, 9.17) is 10.2 Å². The van der Waals surface area contributed by atoms with Crippen LogP contribution in [0.15, 0.2) is 0 Å². The van der Waals surface area contributed by atoms with Crippen molar-refractivity contribution in [1.29, 1.82) is 0 Å². The molecule has 0 saturated heterocycles. The van der Waals surface area contributed by atoms with Gasteiger partial charge in [0.2, 0.25) is 11.7 Å². The third kappa shape index (κ3) is 5.98. The molecule has 0 heterocycles. The Bertz CT molecular complexity index is 361. The topological polar surface area (TPSA) is 112 Å². The molecule has 0 bridgehead atoms. The van der Waals surface area contributed by atoms with Gasteiger partial charge in [-0.3, -0.25) is 14.4 Å². The maximum atomic E-state index is 11.7. The minimum atomic E-state index is -1.65. The molecule has 0 aliphatic rings. The lowest BCUT2D eigenvalue weighted by molar-refractivity contribution is -0.151. The van der Waals surface area contributed by atoms with Gasteiger partial charge < -0.3 is 15.1 Å². The molecule has 19 heavy (non-hydrogen) atoms. The first-order valence-corrected chi connectivity index (χ1v) is 6.10. The minimum absolute atomic E-state index is 0.00839. The van der Waals surface area contributed by atoms with E-state index in [9.17, 15) is 19.2 Å². The van der Waals surface area contributed by atoms with Crippen molar-refractivity contribution in [3.8, 4) is 0 Å². The molecule has 1 atom stereocenters. The summed E-state index contributed by atoms with van der Waals surface area (Å²) in [7, 11) is 0. The molecule has 0 rings (SSSR count). The Balaban J connectivity index is 4.45. The molecule has 1 amide bonds. The van der Waals surface area contributed by atoms with Crippen LogP contribution in [0.4, 0.5) is 0 Å². The molecule has 0 fully saturated rings. The molecule has 108 valence electrons. The molecule has 0 aromatic carbocycles. The van der Waals surface area contributed by atoms with Crippen LogP contribution in [0.2, 0.25) is 0 Å². The van der Waals surface area contributed by atoms with Gasteiger partial charge >= 0.3 is 11.9 Å². The molecule has 0 aliphatic carbocycles. The van der Waals surface area contributed by atoms with Crippen LogP contribution in [-0.4, -0.2) is 51.8 Å². The van der Waals surface area contributed by atoms with Gasteiger partial charge in [0.25, 0.3) is 0 Å². The van der Waals surface area contributed by atoms with E-state index in [2.05, 4.69) is 0 Å². The Labute approximate surface area is 111 Å². The Hall–Kier alpha value is -1.92. The second kappa shape index (κ2) is 8.23. The summed E-state index contributed by atoms with van der Waals surface area (Å²) in [6.45, 7) is 4.68. The number of ketones is 1. The highest BCUT2D eigenvalue weighted by molar-refractivity contribution is 6.33. The fraction of sp³-hybridized carbons (Fsp3) is 0.667. The first kappa shape index (κ1) is 17.1. The number of Topliss-reactive ketones (excluding diaryl/α,β-unsaturated/α-hetero) is 1. The summed E-state index contributed by atoms with van der Waals surface area (Å²) < 4.78 is 0. The maximum Gasteiger partial charge on any atom is 0.372 e. The third-order valence-electron chi connectivity index (χ3n) is 2.84. The van der Waals surface area contributed by atoms with Crippen LogP contribution in [0.3, 0.4) is 0 Å². The zero-order valence-corrected chi connectivity index (χ0v) is 11.1. The molecule has 0 aliphatic heterocycles. The van der Waals surface area contributed by atoms with Crippen LogP contribution in [0.1, 0.15) is 33.1 Å². The summed E-state index contributed by atoms with van der Waals surface area (Å²) >= 11 is 0. The van der Waals surface area contributed by atoms with Crippen molar-refractivity contribution in [2.45, 2.75) is 33.1 Å². The van der Waals surface area contributed by atoms with Crippen LogP contribution < -0.4 is 0 Å².